The zero-order chi connectivity index (χ0) is 26.4. The molecule has 1 aromatic carbocycles. The number of piperazine rings is 1. The van der Waals surface area contributed by atoms with Crippen molar-refractivity contribution in [2.24, 2.45) is 0 Å². The zero-order valence-corrected chi connectivity index (χ0v) is 24.3. The Kier molecular flexibility index (Phi) is 10.3. The molecule has 38 heavy (non-hydrogen) atoms. The maximum atomic E-state index is 13.2. The van der Waals surface area contributed by atoms with E-state index in [0.717, 1.165) is 0 Å². The van der Waals surface area contributed by atoms with Gasteiger partial charge in [-0.1, -0.05) is 18.2 Å². The van der Waals surface area contributed by atoms with Crippen LogP contribution >= 0.6 is 0 Å². The summed E-state index contributed by atoms with van der Waals surface area (Å²) in [6.07, 6.45) is 8.81. The Balaban J connectivity index is 0.000000956. The number of ether oxygens (including phenoxy) is 1. The molecule has 0 aliphatic carbocycles. The summed E-state index contributed by atoms with van der Waals surface area (Å²) >= 11 is 0. The number of ketones is 1. The number of amides is 2. The van der Waals surface area contributed by atoms with Gasteiger partial charge in [-0.15, -0.1) is 0 Å². The molecule has 5 rings (SSSR count). The molecule has 0 spiro atoms. The number of aromatic nitrogens is 5. The number of rotatable bonds is 5. The molecule has 11 nitrogen and oxygen atoms in total. The molecular formula is C26H27N7O4Y-2. The fourth-order valence-electron chi connectivity index (χ4n) is 4.03. The summed E-state index contributed by atoms with van der Waals surface area (Å²) in [4.78, 5) is 53.2. The van der Waals surface area contributed by atoms with Gasteiger partial charge in [-0.2, -0.15) is 13.8 Å². The van der Waals surface area contributed by atoms with E-state index in [1.165, 1.54) is 35.4 Å². The normalized spacial score (nSPS) is 12.8. The quantitative estimate of drug-likeness (QED) is 0.215. The van der Waals surface area contributed by atoms with Gasteiger partial charge in [0.05, 0.1) is 29.8 Å². The average Bonchev–Trinajstić information content (AvgIpc) is 3.63. The van der Waals surface area contributed by atoms with Gasteiger partial charge in [-0.3, -0.25) is 19.5 Å². The number of methoxy groups -OCH3 is 1. The third-order valence-electron chi connectivity index (χ3n) is 5.78. The molecule has 4 heterocycles. The van der Waals surface area contributed by atoms with Crippen LogP contribution in [0.2, 0.25) is 0 Å². The van der Waals surface area contributed by atoms with Crippen LogP contribution in [0.1, 0.15) is 34.6 Å². The fourth-order valence-corrected chi connectivity index (χ4v) is 4.03. The number of fused-ring (bicyclic) bond motifs is 1. The minimum absolute atomic E-state index is 0. The van der Waals surface area contributed by atoms with Crippen molar-refractivity contribution in [2.75, 3.05) is 33.3 Å². The van der Waals surface area contributed by atoms with Crippen LogP contribution in [0, 0.1) is 12.7 Å². The molecule has 1 radical (unpaired) electrons. The topological polar surface area (TPSA) is 126 Å². The van der Waals surface area contributed by atoms with Crippen molar-refractivity contribution in [3.8, 4) is 11.6 Å². The van der Waals surface area contributed by atoms with Crippen LogP contribution < -0.4 is 4.74 Å². The number of pyridine rings is 1. The first-order chi connectivity index (χ1) is 18.0. The van der Waals surface area contributed by atoms with Crippen molar-refractivity contribution < 1.29 is 51.8 Å². The summed E-state index contributed by atoms with van der Waals surface area (Å²) in [5.41, 5.74) is 1.25. The third-order valence-corrected chi connectivity index (χ3v) is 5.78. The maximum absolute atomic E-state index is 13.2. The SMILES string of the molecule is COc1cnc(-n2cn[c-]n2)c2[nH]cc(C(=O)C(=O)N3CCN(C(=O)c4ccccc4)CC3)c12.C[CH-]C.[Y]. The minimum atomic E-state index is -0.672. The maximum Gasteiger partial charge on any atom is 0.295 e. The number of H-pyrrole nitrogens is 1. The summed E-state index contributed by atoms with van der Waals surface area (Å²) in [5, 5.41) is 4.39. The van der Waals surface area contributed by atoms with E-state index >= 15 is 0 Å². The molecule has 0 saturated carbocycles. The Bertz CT molecular complexity index is 1380. The monoisotopic (exact) mass is 590 g/mol. The fraction of sp³-hybridized carbons (Fsp3) is 0.269. The third kappa shape index (κ3) is 5.99. The number of benzene rings is 1. The van der Waals surface area contributed by atoms with E-state index in [1.807, 2.05) is 38.5 Å². The summed E-state index contributed by atoms with van der Waals surface area (Å²) < 4.78 is 6.80. The van der Waals surface area contributed by atoms with E-state index in [1.54, 1.807) is 17.0 Å². The van der Waals surface area contributed by atoms with Gasteiger partial charge in [-0.05, 0) is 24.8 Å². The van der Waals surface area contributed by atoms with Crippen LogP contribution in [-0.2, 0) is 37.5 Å². The number of hydrogen-bond acceptors (Lipinski definition) is 7. The predicted molar refractivity (Wildman–Crippen MR) is 135 cm³/mol. The second kappa shape index (κ2) is 13.4. The largest absolute Gasteiger partial charge is 0.494 e. The molecule has 2 amide bonds. The molecule has 1 saturated heterocycles. The van der Waals surface area contributed by atoms with Gasteiger partial charge in [0.25, 0.3) is 17.6 Å². The van der Waals surface area contributed by atoms with E-state index in [9.17, 15) is 14.4 Å². The summed E-state index contributed by atoms with van der Waals surface area (Å²) in [7, 11) is 1.46. The molecule has 0 unspecified atom stereocenters. The first-order valence-electron chi connectivity index (χ1n) is 11.7. The number of hydrogen-bond donors (Lipinski definition) is 1. The van der Waals surface area contributed by atoms with Crippen molar-refractivity contribution >= 4 is 28.5 Å². The molecule has 0 atom stereocenters. The number of nitrogens with zero attached hydrogens (tertiary/aromatic N) is 6. The standard InChI is InChI=1S/C23H20N7O4.C3H7.Y/c1-34-17-12-26-21(30-14-24-13-27-30)19-18(17)16(11-25-19)20(31)23(33)29-9-7-28(8-10-29)22(32)15-5-3-2-4-6-15;1-3-2;/h2-6,11-12,14,25H,7-10H2,1H3;3H,1-2H3;/q2*-1;. The van der Waals surface area contributed by atoms with Gasteiger partial charge < -0.3 is 35.6 Å². The Morgan fingerprint density at radius 3 is 2.32 bits per heavy atom. The minimum Gasteiger partial charge on any atom is -0.494 e. The van der Waals surface area contributed by atoms with Gasteiger partial charge in [0.15, 0.2) is 5.82 Å². The van der Waals surface area contributed by atoms with Crippen molar-refractivity contribution in [1.82, 2.24) is 34.5 Å². The van der Waals surface area contributed by atoms with E-state index < -0.39 is 11.7 Å². The van der Waals surface area contributed by atoms with Crippen LogP contribution in [0.15, 0.2) is 49.1 Å². The number of carbonyl (C=O) groups excluding carboxylic acids is 3. The molecular weight excluding hydrogens is 563 g/mol. The van der Waals surface area contributed by atoms with Gasteiger partial charge in [-0.25, -0.2) is 4.98 Å². The summed E-state index contributed by atoms with van der Waals surface area (Å²) in [5.74, 6) is -0.662. The first-order valence-corrected chi connectivity index (χ1v) is 11.7. The van der Waals surface area contributed by atoms with Crippen LogP contribution in [-0.4, -0.2) is 85.4 Å². The Morgan fingerprint density at radius 2 is 1.71 bits per heavy atom. The van der Waals surface area contributed by atoms with E-state index in [4.69, 9.17) is 4.74 Å². The van der Waals surface area contributed by atoms with E-state index in [-0.39, 0.29) is 57.3 Å². The predicted octanol–water partition coefficient (Wildman–Crippen LogP) is 2.35. The molecule has 3 aromatic heterocycles. The Labute approximate surface area is 245 Å². The average molecular weight is 590 g/mol. The van der Waals surface area contributed by atoms with Gasteiger partial charge in [0.2, 0.25) is 0 Å². The summed E-state index contributed by atoms with van der Waals surface area (Å²) in [6.45, 7) is 5.23. The van der Waals surface area contributed by atoms with Gasteiger partial charge >= 0.3 is 0 Å². The second-order valence-electron chi connectivity index (χ2n) is 8.25. The van der Waals surface area contributed by atoms with Crippen LogP contribution in [0.25, 0.3) is 16.7 Å². The number of Topliss-reactive ketones (excluding diaryl/α,β-unsaturated/α-hetero) is 1. The van der Waals surface area contributed by atoms with Crippen LogP contribution in [0.4, 0.5) is 0 Å². The molecule has 12 heteroatoms. The van der Waals surface area contributed by atoms with Crippen molar-refractivity contribution in [3.05, 3.63) is 72.9 Å². The molecule has 1 aliphatic heterocycles. The molecule has 0 bridgehead atoms. The Hall–Kier alpha value is -3.44. The van der Waals surface area contributed by atoms with Crippen molar-refractivity contribution in [3.63, 3.8) is 0 Å². The van der Waals surface area contributed by atoms with Gasteiger partial charge in [0, 0.05) is 70.6 Å². The zero-order valence-electron chi connectivity index (χ0n) is 21.4. The van der Waals surface area contributed by atoms with Crippen LogP contribution in [0.3, 0.4) is 0 Å². The van der Waals surface area contributed by atoms with Gasteiger partial charge in [0.1, 0.15) is 5.75 Å². The molecule has 1 aliphatic rings. The smallest absolute Gasteiger partial charge is 0.295 e. The number of aromatic amines is 1. The summed E-state index contributed by atoms with van der Waals surface area (Å²) in [6, 6.07) is 8.98. The molecule has 1 fully saturated rings. The number of nitrogens with one attached hydrogen (secondary N) is 1. The Morgan fingerprint density at radius 1 is 1.05 bits per heavy atom. The molecule has 4 aromatic rings. The van der Waals surface area contributed by atoms with Crippen molar-refractivity contribution in [1.29, 1.82) is 0 Å². The molecule has 1 N–H and O–H groups in total. The van der Waals surface area contributed by atoms with E-state index in [2.05, 4.69) is 26.4 Å². The van der Waals surface area contributed by atoms with E-state index in [0.29, 0.717) is 41.1 Å². The molecule has 195 valence electrons. The first kappa shape index (κ1) is 29.1. The van der Waals surface area contributed by atoms with Crippen molar-refractivity contribution in [2.45, 2.75) is 13.8 Å². The second-order valence-corrected chi connectivity index (χ2v) is 8.25. The number of carbonyl (C=O) groups is 3. The van der Waals surface area contributed by atoms with Crippen LogP contribution in [0.5, 0.6) is 5.75 Å².